The summed E-state index contributed by atoms with van der Waals surface area (Å²) in [6.45, 7) is 14.2. The van der Waals surface area contributed by atoms with E-state index in [0.717, 1.165) is 28.3 Å². The highest BCUT2D eigenvalue weighted by Crippen LogP contribution is 2.24. The maximum atomic E-state index is 11.5. The molecule has 8 heteroatoms. The highest BCUT2D eigenvalue weighted by atomic mass is 32.2. The van der Waals surface area contributed by atoms with Crippen LogP contribution in [0.2, 0.25) is 0 Å². The van der Waals surface area contributed by atoms with Gasteiger partial charge in [-0.15, -0.1) is 11.3 Å². The number of likely N-dealkylation sites (tertiary alicyclic amines) is 1. The van der Waals surface area contributed by atoms with Gasteiger partial charge in [0.25, 0.3) is 0 Å². The Labute approximate surface area is 183 Å². The van der Waals surface area contributed by atoms with Crippen molar-refractivity contribution in [1.29, 1.82) is 0 Å². The largest absolute Gasteiger partial charge is 0.476 e. The molecule has 0 spiro atoms. The highest BCUT2D eigenvalue weighted by Gasteiger charge is 2.26. The van der Waals surface area contributed by atoms with Crippen LogP contribution in [0, 0.1) is 11.8 Å². The maximum absolute atomic E-state index is 11.5. The molecule has 166 valence electrons. The van der Waals surface area contributed by atoms with E-state index in [0.29, 0.717) is 19.0 Å². The van der Waals surface area contributed by atoms with Crippen LogP contribution in [0.1, 0.15) is 70.8 Å². The van der Waals surface area contributed by atoms with Gasteiger partial charge < -0.3 is 15.3 Å². The number of carboxylic acids is 1. The van der Waals surface area contributed by atoms with Crippen LogP contribution in [-0.4, -0.2) is 58.3 Å². The van der Waals surface area contributed by atoms with Crippen LogP contribution in [0.5, 0.6) is 0 Å². The van der Waals surface area contributed by atoms with Crippen LogP contribution >= 0.6 is 23.1 Å². The van der Waals surface area contributed by atoms with Gasteiger partial charge in [0.1, 0.15) is 0 Å². The molecule has 1 aromatic rings. The van der Waals surface area contributed by atoms with Crippen LogP contribution in [0.3, 0.4) is 0 Å². The molecule has 0 saturated carbocycles. The summed E-state index contributed by atoms with van der Waals surface area (Å²) in [5.74, 6) is 1.64. The van der Waals surface area contributed by atoms with Crippen LogP contribution in [0.25, 0.3) is 0 Å². The first kappa shape index (κ1) is 25.9. The number of rotatable bonds is 11. The van der Waals surface area contributed by atoms with Crippen molar-refractivity contribution >= 4 is 35.0 Å². The first-order valence-electron chi connectivity index (χ1n) is 10.5. The molecule has 0 radical (unpaired) electrons. The third-order valence-electron chi connectivity index (χ3n) is 4.69. The van der Waals surface area contributed by atoms with Gasteiger partial charge in [-0.1, -0.05) is 39.5 Å². The normalized spacial score (nSPS) is 16.4. The van der Waals surface area contributed by atoms with E-state index < -0.39 is 5.97 Å². The molecule has 0 bridgehead atoms. The van der Waals surface area contributed by atoms with E-state index in [1.54, 1.807) is 0 Å². The number of aromatic nitrogens is 1. The number of hydrogen-bond acceptors (Lipinski definition) is 6. The zero-order valence-corrected chi connectivity index (χ0v) is 20.1. The fourth-order valence-corrected chi connectivity index (χ4v) is 4.59. The molecule has 0 aliphatic carbocycles. The molecule has 29 heavy (non-hydrogen) atoms. The Hall–Kier alpha value is -1.12. The molecule has 2 N–H and O–H groups in total. The first-order valence-corrected chi connectivity index (χ1v) is 12.4. The number of nitrogens with one attached hydrogen (secondary N) is 1. The van der Waals surface area contributed by atoms with E-state index in [9.17, 15) is 9.59 Å². The molecule has 1 amide bonds. The summed E-state index contributed by atoms with van der Waals surface area (Å²) in [6, 6.07) is 0.323. The summed E-state index contributed by atoms with van der Waals surface area (Å²) in [5.41, 5.74) is 0.0908. The molecule has 1 fully saturated rings. The first-order chi connectivity index (χ1) is 13.7. The van der Waals surface area contributed by atoms with Gasteiger partial charge in [-0.05, 0) is 51.1 Å². The number of hydrogen-bond donors (Lipinski definition) is 2. The van der Waals surface area contributed by atoms with Crippen LogP contribution in [0.4, 0.5) is 0 Å². The number of thiazole rings is 1. The summed E-state index contributed by atoms with van der Waals surface area (Å²) in [5, 5.41) is 13.7. The zero-order valence-electron chi connectivity index (χ0n) is 18.4. The van der Waals surface area contributed by atoms with Crippen molar-refractivity contribution in [3.8, 4) is 0 Å². The van der Waals surface area contributed by atoms with Gasteiger partial charge >= 0.3 is 5.97 Å². The minimum Gasteiger partial charge on any atom is -0.476 e. The summed E-state index contributed by atoms with van der Waals surface area (Å²) in [7, 11) is 0. The molecule has 1 aromatic heterocycles. The standard InChI is InChI=1S/C11H14N2O3S2.C10H23N/c1-7-2-3-9(14)13(7)4-5-17-11-12-8(6-18-11)10(15)16;1-9(2)5-7-11-8-6-10(3)4/h6-7H,2-5H2,1H3,(H,15,16);9-11H,5-8H2,1-4H3/t7-;/m1./s1. The molecular weight excluding hydrogens is 406 g/mol. The number of thioether (sulfide) groups is 1. The molecule has 6 nitrogen and oxygen atoms in total. The summed E-state index contributed by atoms with van der Waals surface area (Å²) in [6.07, 6.45) is 4.19. The van der Waals surface area contributed by atoms with E-state index in [4.69, 9.17) is 5.11 Å². The van der Waals surface area contributed by atoms with Crippen molar-refractivity contribution in [3.63, 3.8) is 0 Å². The molecule has 1 aliphatic heterocycles. The third kappa shape index (κ3) is 11.0. The van der Waals surface area contributed by atoms with Gasteiger partial charge in [0.05, 0.1) is 0 Å². The lowest BCUT2D eigenvalue weighted by atomic mass is 10.1. The second kappa shape index (κ2) is 14.0. The van der Waals surface area contributed by atoms with Crippen molar-refractivity contribution in [2.75, 3.05) is 25.4 Å². The van der Waals surface area contributed by atoms with Crippen molar-refractivity contribution < 1.29 is 14.7 Å². The lowest BCUT2D eigenvalue weighted by Crippen LogP contribution is -2.32. The number of amides is 1. The second-order valence-electron chi connectivity index (χ2n) is 8.24. The molecule has 2 rings (SSSR count). The maximum Gasteiger partial charge on any atom is 0.355 e. The Morgan fingerprint density at radius 1 is 1.31 bits per heavy atom. The van der Waals surface area contributed by atoms with Crippen LogP contribution in [0.15, 0.2) is 9.72 Å². The SMILES string of the molecule is CC(C)CCNCCC(C)C.C[C@@H]1CCC(=O)N1CCSc1nc(C(=O)O)cs1. The van der Waals surface area contributed by atoms with Crippen molar-refractivity contribution in [2.24, 2.45) is 11.8 Å². The quantitative estimate of drug-likeness (QED) is 0.384. The van der Waals surface area contributed by atoms with Crippen molar-refractivity contribution in [2.45, 2.75) is 70.7 Å². The van der Waals surface area contributed by atoms with Crippen molar-refractivity contribution in [3.05, 3.63) is 11.1 Å². The molecule has 1 aliphatic rings. The Morgan fingerprint density at radius 3 is 2.38 bits per heavy atom. The second-order valence-corrected chi connectivity index (χ2v) is 10.4. The molecule has 0 unspecified atom stereocenters. The summed E-state index contributed by atoms with van der Waals surface area (Å²) >= 11 is 2.83. The van der Waals surface area contributed by atoms with Gasteiger partial charge in [-0.2, -0.15) is 0 Å². The van der Waals surface area contributed by atoms with Crippen molar-refractivity contribution in [1.82, 2.24) is 15.2 Å². The Bertz CT molecular complexity index is 610. The van der Waals surface area contributed by atoms with E-state index in [-0.39, 0.29) is 11.6 Å². The Morgan fingerprint density at radius 2 is 1.93 bits per heavy atom. The predicted molar refractivity (Wildman–Crippen MR) is 122 cm³/mol. The summed E-state index contributed by atoms with van der Waals surface area (Å²) < 4.78 is 0.742. The van der Waals surface area contributed by atoms with Gasteiger partial charge in [0.15, 0.2) is 10.0 Å². The minimum absolute atomic E-state index is 0.0908. The van der Waals surface area contributed by atoms with E-state index in [1.807, 2.05) is 4.90 Å². The van der Waals surface area contributed by atoms with E-state index in [2.05, 4.69) is 44.9 Å². The summed E-state index contributed by atoms with van der Waals surface area (Å²) in [4.78, 5) is 28.1. The predicted octanol–water partition coefficient (Wildman–Crippen LogP) is 4.61. The lowest BCUT2D eigenvalue weighted by Gasteiger charge is -2.20. The number of aromatic carboxylic acids is 1. The zero-order chi connectivity index (χ0) is 21.8. The van der Waals surface area contributed by atoms with E-state index in [1.165, 1.54) is 54.4 Å². The third-order valence-corrected chi connectivity index (χ3v) is 6.69. The van der Waals surface area contributed by atoms with E-state index >= 15 is 0 Å². The number of carboxylic acid groups (broad SMARTS) is 1. The fourth-order valence-electron chi connectivity index (χ4n) is 2.78. The Kier molecular flexibility index (Phi) is 12.5. The Balaban J connectivity index is 0.000000331. The molecule has 1 atom stereocenters. The number of carbonyl (C=O) groups excluding carboxylic acids is 1. The van der Waals surface area contributed by atoms with Crippen LogP contribution < -0.4 is 5.32 Å². The molecular formula is C21H37N3O3S2. The fraction of sp³-hybridized carbons (Fsp3) is 0.762. The highest BCUT2D eigenvalue weighted by molar-refractivity contribution is 8.01. The average molecular weight is 444 g/mol. The van der Waals surface area contributed by atoms with Gasteiger partial charge in [-0.25, -0.2) is 9.78 Å². The average Bonchev–Trinajstić information content (AvgIpc) is 3.23. The van der Waals surface area contributed by atoms with Gasteiger partial charge in [0, 0.05) is 30.1 Å². The topological polar surface area (TPSA) is 82.5 Å². The molecule has 2 heterocycles. The molecule has 0 aromatic carbocycles. The number of nitrogens with zero attached hydrogens (tertiary/aromatic N) is 2. The monoisotopic (exact) mass is 443 g/mol. The van der Waals surface area contributed by atoms with Crippen LogP contribution in [-0.2, 0) is 4.79 Å². The van der Waals surface area contributed by atoms with Gasteiger partial charge in [-0.3, -0.25) is 4.79 Å². The molecule has 1 saturated heterocycles. The van der Waals surface area contributed by atoms with Gasteiger partial charge in [0.2, 0.25) is 5.91 Å². The number of carbonyl (C=O) groups is 2. The minimum atomic E-state index is -0.999. The lowest BCUT2D eigenvalue weighted by molar-refractivity contribution is -0.128. The smallest absolute Gasteiger partial charge is 0.355 e.